The maximum atomic E-state index is 12.6. The number of carbonyl (C=O) groups is 2. The molecule has 1 N–H and O–H groups in total. The van der Waals surface area contributed by atoms with Crippen LogP contribution < -0.4 is 5.32 Å². The van der Waals surface area contributed by atoms with E-state index >= 15 is 0 Å². The molecule has 4 rings (SSSR count). The van der Waals surface area contributed by atoms with Crippen LogP contribution in [0.4, 0.5) is 5.69 Å². The molecule has 33 heavy (non-hydrogen) atoms. The molecule has 0 spiro atoms. The van der Waals surface area contributed by atoms with Crippen LogP contribution in [0.1, 0.15) is 55.4 Å². The van der Waals surface area contributed by atoms with E-state index < -0.39 is 0 Å². The number of amides is 1. The zero-order valence-corrected chi connectivity index (χ0v) is 19.5. The topological polar surface area (TPSA) is 86.1 Å². The van der Waals surface area contributed by atoms with Crippen molar-refractivity contribution >= 4 is 29.3 Å². The van der Waals surface area contributed by atoms with E-state index in [-0.39, 0.29) is 17.6 Å². The lowest BCUT2D eigenvalue weighted by Crippen LogP contribution is -2.17. The first-order chi connectivity index (χ1) is 16.2. The summed E-state index contributed by atoms with van der Waals surface area (Å²) in [7, 11) is 0. The lowest BCUT2D eigenvalue weighted by molar-refractivity contribution is -0.113. The first-order valence-electron chi connectivity index (χ1n) is 11.4. The number of rotatable bonds is 8. The zero-order valence-electron chi connectivity index (χ0n) is 18.7. The van der Waals surface area contributed by atoms with Crippen molar-refractivity contribution in [3.8, 4) is 11.4 Å². The summed E-state index contributed by atoms with van der Waals surface area (Å²) in [6.07, 6.45) is 5.86. The van der Waals surface area contributed by atoms with E-state index in [1.807, 2.05) is 30.3 Å². The van der Waals surface area contributed by atoms with E-state index in [0.29, 0.717) is 23.9 Å². The minimum Gasteiger partial charge on any atom is -0.462 e. The monoisotopic (exact) mass is 464 g/mol. The van der Waals surface area contributed by atoms with Gasteiger partial charge < -0.3 is 10.1 Å². The Bertz CT molecular complexity index is 1080. The van der Waals surface area contributed by atoms with Crippen molar-refractivity contribution in [1.82, 2.24) is 14.8 Å². The Balaban J connectivity index is 1.44. The van der Waals surface area contributed by atoms with Crippen LogP contribution in [0.15, 0.2) is 59.8 Å². The maximum absolute atomic E-state index is 12.6. The summed E-state index contributed by atoms with van der Waals surface area (Å²) in [5.74, 6) is 0.574. The van der Waals surface area contributed by atoms with E-state index in [1.165, 1.54) is 31.0 Å². The van der Waals surface area contributed by atoms with Gasteiger partial charge in [-0.25, -0.2) is 4.79 Å². The van der Waals surface area contributed by atoms with Gasteiger partial charge in [-0.1, -0.05) is 61.4 Å². The van der Waals surface area contributed by atoms with Crippen molar-refractivity contribution in [3.05, 3.63) is 60.2 Å². The average Bonchev–Trinajstić information content (AvgIpc) is 3.28. The second-order valence-corrected chi connectivity index (χ2v) is 8.91. The van der Waals surface area contributed by atoms with Gasteiger partial charge in [-0.2, -0.15) is 0 Å². The van der Waals surface area contributed by atoms with E-state index in [9.17, 15) is 9.59 Å². The molecular formula is C25H28N4O3S. The molecule has 8 heteroatoms. The Hall–Kier alpha value is -3.13. The van der Waals surface area contributed by atoms with Gasteiger partial charge in [0.1, 0.15) is 0 Å². The van der Waals surface area contributed by atoms with Crippen LogP contribution >= 0.6 is 11.8 Å². The van der Waals surface area contributed by atoms with Gasteiger partial charge in [-0.15, -0.1) is 10.2 Å². The molecule has 1 aliphatic rings. The molecule has 1 aromatic heterocycles. The normalized spacial score (nSPS) is 14.1. The summed E-state index contributed by atoms with van der Waals surface area (Å²) >= 11 is 1.40. The number of esters is 1. The molecule has 2 aromatic carbocycles. The largest absolute Gasteiger partial charge is 0.462 e. The number of benzene rings is 2. The number of nitrogens with one attached hydrogen (secondary N) is 1. The molecule has 0 aliphatic heterocycles. The second kappa shape index (κ2) is 11.1. The Morgan fingerprint density at radius 3 is 2.45 bits per heavy atom. The summed E-state index contributed by atoms with van der Waals surface area (Å²) in [5, 5.41) is 12.6. The predicted octanol–water partition coefficient (Wildman–Crippen LogP) is 5.36. The van der Waals surface area contributed by atoms with Crippen LogP contribution in [-0.2, 0) is 9.53 Å². The molecule has 1 amide bonds. The molecule has 3 aromatic rings. The molecule has 1 saturated carbocycles. The van der Waals surface area contributed by atoms with Gasteiger partial charge in [0.05, 0.1) is 17.9 Å². The van der Waals surface area contributed by atoms with Crippen molar-refractivity contribution < 1.29 is 14.3 Å². The highest BCUT2D eigenvalue weighted by molar-refractivity contribution is 7.99. The fourth-order valence-electron chi connectivity index (χ4n) is 4.06. The molecule has 7 nitrogen and oxygen atoms in total. The molecule has 0 unspecified atom stereocenters. The second-order valence-electron chi connectivity index (χ2n) is 7.97. The lowest BCUT2D eigenvalue weighted by Gasteiger charge is -2.25. The van der Waals surface area contributed by atoms with Gasteiger partial charge in [0.15, 0.2) is 11.0 Å². The Morgan fingerprint density at radius 2 is 1.76 bits per heavy atom. The van der Waals surface area contributed by atoms with E-state index in [4.69, 9.17) is 4.74 Å². The first-order valence-corrected chi connectivity index (χ1v) is 12.3. The highest BCUT2D eigenvalue weighted by Crippen LogP contribution is 2.35. The highest BCUT2D eigenvalue weighted by atomic mass is 32.2. The predicted molar refractivity (Wildman–Crippen MR) is 129 cm³/mol. The fourth-order valence-corrected chi connectivity index (χ4v) is 4.86. The minimum absolute atomic E-state index is 0.136. The van der Waals surface area contributed by atoms with Gasteiger partial charge in [0, 0.05) is 17.3 Å². The SMILES string of the molecule is CCOC(=O)c1ccc(NC(=O)CSc2nnc(-c3ccccc3)n2C2CCCCC2)cc1. The number of hydrogen-bond donors (Lipinski definition) is 1. The number of nitrogens with zero attached hydrogens (tertiary/aromatic N) is 3. The molecule has 0 bridgehead atoms. The standard InChI is InChI=1S/C25H28N4O3S/c1-2-32-24(31)19-13-15-20(16-14-19)26-22(30)17-33-25-28-27-23(18-9-5-3-6-10-18)29(25)21-11-7-4-8-12-21/h3,5-6,9-10,13-16,21H,2,4,7-8,11-12,17H2,1H3,(H,26,30). The molecule has 0 saturated heterocycles. The smallest absolute Gasteiger partial charge is 0.338 e. The summed E-state index contributed by atoms with van der Waals surface area (Å²) in [5.41, 5.74) is 2.12. The molecule has 0 atom stereocenters. The third-order valence-electron chi connectivity index (χ3n) is 5.65. The molecular weight excluding hydrogens is 436 g/mol. The van der Waals surface area contributed by atoms with Crippen molar-refractivity contribution in [1.29, 1.82) is 0 Å². The van der Waals surface area contributed by atoms with E-state index in [1.54, 1.807) is 31.2 Å². The number of thioether (sulfide) groups is 1. The molecule has 1 aliphatic carbocycles. The van der Waals surface area contributed by atoms with Crippen LogP contribution in [0.25, 0.3) is 11.4 Å². The summed E-state index contributed by atoms with van der Waals surface area (Å²) in [6.45, 7) is 2.09. The number of aromatic nitrogens is 3. The number of hydrogen-bond acceptors (Lipinski definition) is 6. The molecule has 1 heterocycles. The van der Waals surface area contributed by atoms with Gasteiger partial charge in [-0.05, 0) is 44.0 Å². The van der Waals surface area contributed by atoms with Crippen molar-refractivity contribution in [2.45, 2.75) is 50.2 Å². The van der Waals surface area contributed by atoms with E-state index in [2.05, 4.69) is 20.1 Å². The third kappa shape index (κ3) is 5.82. The van der Waals surface area contributed by atoms with Crippen LogP contribution in [-0.4, -0.2) is 39.0 Å². The Labute approximate surface area is 197 Å². The summed E-state index contributed by atoms with van der Waals surface area (Å²) < 4.78 is 7.21. The maximum Gasteiger partial charge on any atom is 0.338 e. The number of carbonyl (C=O) groups excluding carboxylic acids is 2. The first kappa shape index (κ1) is 23.0. The van der Waals surface area contributed by atoms with E-state index in [0.717, 1.165) is 29.4 Å². The van der Waals surface area contributed by atoms with Crippen molar-refractivity contribution in [3.63, 3.8) is 0 Å². The van der Waals surface area contributed by atoms with Gasteiger partial charge >= 0.3 is 5.97 Å². The average molecular weight is 465 g/mol. The van der Waals surface area contributed by atoms with Crippen molar-refractivity contribution in [2.75, 3.05) is 17.7 Å². The number of anilines is 1. The van der Waals surface area contributed by atoms with Crippen LogP contribution in [0.5, 0.6) is 0 Å². The fraction of sp³-hybridized carbons (Fsp3) is 0.360. The summed E-state index contributed by atoms with van der Waals surface area (Å²) in [6, 6.07) is 17.1. The van der Waals surface area contributed by atoms with Crippen LogP contribution in [0.3, 0.4) is 0 Å². The van der Waals surface area contributed by atoms with Gasteiger partial charge in [-0.3, -0.25) is 9.36 Å². The highest BCUT2D eigenvalue weighted by Gasteiger charge is 2.24. The summed E-state index contributed by atoms with van der Waals surface area (Å²) in [4.78, 5) is 24.4. The quantitative estimate of drug-likeness (QED) is 0.357. The molecule has 0 radical (unpaired) electrons. The Morgan fingerprint density at radius 1 is 1.03 bits per heavy atom. The van der Waals surface area contributed by atoms with Crippen molar-refractivity contribution in [2.24, 2.45) is 0 Å². The number of ether oxygens (including phenoxy) is 1. The third-order valence-corrected chi connectivity index (χ3v) is 6.59. The Kier molecular flexibility index (Phi) is 7.78. The van der Waals surface area contributed by atoms with Gasteiger partial charge in [0.2, 0.25) is 5.91 Å². The molecule has 1 fully saturated rings. The van der Waals surface area contributed by atoms with Crippen LogP contribution in [0.2, 0.25) is 0 Å². The minimum atomic E-state index is -0.373. The lowest BCUT2D eigenvalue weighted by atomic mass is 9.95. The molecule has 172 valence electrons. The zero-order chi connectivity index (χ0) is 23.0. The van der Waals surface area contributed by atoms with Crippen LogP contribution in [0, 0.1) is 0 Å². The van der Waals surface area contributed by atoms with Gasteiger partial charge in [0.25, 0.3) is 0 Å².